The van der Waals surface area contributed by atoms with Crippen molar-refractivity contribution >= 4 is 23.3 Å². The molecule has 1 fully saturated rings. The molecule has 2 rings (SSSR count). The first kappa shape index (κ1) is 14.1. The Morgan fingerprint density at radius 3 is 3.00 bits per heavy atom. The summed E-state index contributed by atoms with van der Waals surface area (Å²) in [5, 5.41) is 3.47. The number of piperidine rings is 1. The summed E-state index contributed by atoms with van der Waals surface area (Å²) in [6.45, 7) is 5.48. The van der Waals surface area contributed by atoms with Crippen LogP contribution >= 0.6 is 11.6 Å². The molecule has 0 saturated carbocycles. The van der Waals surface area contributed by atoms with Gasteiger partial charge in [0, 0.05) is 25.0 Å². The SMILES string of the molecule is CC(C)C(=O)NC1CCCN(c2cncc(Cl)n2)C1. The summed E-state index contributed by atoms with van der Waals surface area (Å²) in [6, 6.07) is 0.171. The van der Waals surface area contributed by atoms with Gasteiger partial charge >= 0.3 is 0 Å². The molecule has 1 aliphatic heterocycles. The summed E-state index contributed by atoms with van der Waals surface area (Å²) in [5.74, 6) is 0.890. The summed E-state index contributed by atoms with van der Waals surface area (Å²) in [6.07, 6.45) is 5.26. The molecule has 5 nitrogen and oxygen atoms in total. The quantitative estimate of drug-likeness (QED) is 0.919. The number of nitrogens with one attached hydrogen (secondary N) is 1. The highest BCUT2D eigenvalue weighted by Crippen LogP contribution is 2.18. The second-order valence-electron chi connectivity index (χ2n) is 5.15. The van der Waals surface area contributed by atoms with Crippen LogP contribution in [-0.4, -0.2) is 35.0 Å². The first-order valence-electron chi connectivity index (χ1n) is 6.59. The minimum Gasteiger partial charge on any atom is -0.353 e. The average molecular weight is 283 g/mol. The predicted octanol–water partition coefficient (Wildman–Crippen LogP) is 1.87. The van der Waals surface area contributed by atoms with Crippen molar-refractivity contribution in [3.05, 3.63) is 17.5 Å². The fourth-order valence-electron chi connectivity index (χ4n) is 2.16. The topological polar surface area (TPSA) is 58.1 Å². The first-order chi connectivity index (χ1) is 9.06. The maximum atomic E-state index is 11.7. The van der Waals surface area contributed by atoms with Crippen LogP contribution in [0, 0.1) is 5.92 Å². The van der Waals surface area contributed by atoms with Crippen LogP contribution < -0.4 is 10.2 Å². The van der Waals surface area contributed by atoms with Crippen LogP contribution in [0.4, 0.5) is 5.82 Å². The van der Waals surface area contributed by atoms with Gasteiger partial charge in [-0.05, 0) is 12.8 Å². The predicted molar refractivity (Wildman–Crippen MR) is 75.3 cm³/mol. The highest BCUT2D eigenvalue weighted by atomic mass is 35.5. The van der Waals surface area contributed by atoms with Gasteiger partial charge in [-0.2, -0.15) is 0 Å². The van der Waals surface area contributed by atoms with Crippen LogP contribution in [0.25, 0.3) is 0 Å². The van der Waals surface area contributed by atoms with Gasteiger partial charge in [0.25, 0.3) is 0 Å². The van der Waals surface area contributed by atoms with E-state index in [1.54, 1.807) is 6.20 Å². The Morgan fingerprint density at radius 2 is 2.32 bits per heavy atom. The van der Waals surface area contributed by atoms with Gasteiger partial charge in [0.2, 0.25) is 5.91 Å². The molecule has 0 aliphatic carbocycles. The van der Waals surface area contributed by atoms with E-state index in [0.29, 0.717) is 5.15 Å². The van der Waals surface area contributed by atoms with Gasteiger partial charge in [0.15, 0.2) is 0 Å². The fraction of sp³-hybridized carbons (Fsp3) is 0.615. The molecule has 1 aromatic heterocycles. The number of amides is 1. The van der Waals surface area contributed by atoms with Gasteiger partial charge in [0.05, 0.1) is 12.4 Å². The normalized spacial score (nSPS) is 19.6. The van der Waals surface area contributed by atoms with E-state index in [1.165, 1.54) is 6.20 Å². The Kier molecular flexibility index (Phi) is 4.58. The Hall–Kier alpha value is -1.36. The summed E-state index contributed by atoms with van der Waals surface area (Å²) < 4.78 is 0. The van der Waals surface area contributed by atoms with Crippen molar-refractivity contribution in [1.82, 2.24) is 15.3 Å². The van der Waals surface area contributed by atoms with Crippen molar-refractivity contribution < 1.29 is 4.79 Å². The second-order valence-corrected chi connectivity index (χ2v) is 5.54. The average Bonchev–Trinajstić information content (AvgIpc) is 2.39. The molecule has 1 atom stereocenters. The molecule has 104 valence electrons. The lowest BCUT2D eigenvalue weighted by Gasteiger charge is -2.34. The number of anilines is 1. The number of nitrogens with zero attached hydrogens (tertiary/aromatic N) is 3. The van der Waals surface area contributed by atoms with Crippen LogP contribution in [0.5, 0.6) is 0 Å². The van der Waals surface area contributed by atoms with Crippen molar-refractivity contribution in [2.45, 2.75) is 32.7 Å². The summed E-state index contributed by atoms with van der Waals surface area (Å²) in [5.41, 5.74) is 0. The number of hydrogen-bond donors (Lipinski definition) is 1. The van der Waals surface area contributed by atoms with Crippen molar-refractivity contribution in [2.75, 3.05) is 18.0 Å². The van der Waals surface area contributed by atoms with Crippen molar-refractivity contribution in [2.24, 2.45) is 5.92 Å². The zero-order valence-corrected chi connectivity index (χ0v) is 12.0. The molecule has 1 aliphatic rings. The number of carbonyl (C=O) groups excluding carboxylic acids is 1. The van der Waals surface area contributed by atoms with E-state index in [-0.39, 0.29) is 17.9 Å². The van der Waals surface area contributed by atoms with Gasteiger partial charge < -0.3 is 10.2 Å². The molecule has 0 aromatic carbocycles. The third-order valence-corrected chi connectivity index (χ3v) is 3.39. The van der Waals surface area contributed by atoms with E-state index in [2.05, 4.69) is 20.2 Å². The molecule has 1 N–H and O–H groups in total. The highest BCUT2D eigenvalue weighted by Gasteiger charge is 2.23. The molecule has 1 amide bonds. The number of carbonyl (C=O) groups is 1. The maximum absolute atomic E-state index is 11.7. The lowest BCUT2D eigenvalue weighted by atomic mass is 10.0. The molecule has 19 heavy (non-hydrogen) atoms. The zero-order valence-electron chi connectivity index (χ0n) is 11.3. The van der Waals surface area contributed by atoms with Crippen molar-refractivity contribution in [3.8, 4) is 0 Å². The third kappa shape index (κ3) is 3.80. The molecular weight excluding hydrogens is 264 g/mol. The van der Waals surface area contributed by atoms with Crippen LogP contribution in [0.2, 0.25) is 5.15 Å². The van der Waals surface area contributed by atoms with E-state index in [9.17, 15) is 4.79 Å². The number of halogens is 1. The van der Waals surface area contributed by atoms with Crippen LogP contribution in [0.3, 0.4) is 0 Å². The number of rotatable bonds is 3. The van der Waals surface area contributed by atoms with E-state index in [4.69, 9.17) is 11.6 Å². The summed E-state index contributed by atoms with van der Waals surface area (Å²) in [4.78, 5) is 22.2. The molecule has 0 spiro atoms. The Morgan fingerprint density at radius 1 is 1.53 bits per heavy atom. The third-order valence-electron chi connectivity index (χ3n) is 3.21. The summed E-state index contributed by atoms with van der Waals surface area (Å²) in [7, 11) is 0. The Balaban J connectivity index is 1.99. The Labute approximate surface area is 118 Å². The molecule has 0 radical (unpaired) electrons. The lowest BCUT2D eigenvalue weighted by molar-refractivity contribution is -0.124. The minimum atomic E-state index is 0.0151. The molecule has 1 saturated heterocycles. The molecule has 1 aromatic rings. The van der Waals surface area contributed by atoms with E-state index < -0.39 is 0 Å². The van der Waals surface area contributed by atoms with Gasteiger partial charge in [-0.3, -0.25) is 9.78 Å². The van der Waals surface area contributed by atoms with E-state index in [0.717, 1.165) is 31.7 Å². The van der Waals surface area contributed by atoms with Gasteiger partial charge in [-0.15, -0.1) is 0 Å². The zero-order chi connectivity index (χ0) is 13.8. The molecule has 1 unspecified atom stereocenters. The first-order valence-corrected chi connectivity index (χ1v) is 6.97. The van der Waals surface area contributed by atoms with Gasteiger partial charge in [-0.1, -0.05) is 25.4 Å². The van der Waals surface area contributed by atoms with Crippen molar-refractivity contribution in [3.63, 3.8) is 0 Å². The number of hydrogen-bond acceptors (Lipinski definition) is 4. The standard InChI is InChI=1S/C13H19ClN4O/c1-9(2)13(19)16-10-4-3-5-18(8-10)12-7-15-6-11(14)17-12/h6-7,9-10H,3-5,8H2,1-2H3,(H,16,19). The number of aromatic nitrogens is 2. The highest BCUT2D eigenvalue weighted by molar-refractivity contribution is 6.29. The van der Waals surface area contributed by atoms with E-state index >= 15 is 0 Å². The molecule has 6 heteroatoms. The van der Waals surface area contributed by atoms with Gasteiger partial charge in [0.1, 0.15) is 11.0 Å². The minimum absolute atomic E-state index is 0.0151. The molecule has 2 heterocycles. The van der Waals surface area contributed by atoms with Crippen LogP contribution in [0.15, 0.2) is 12.4 Å². The lowest BCUT2D eigenvalue weighted by Crippen LogP contribution is -2.49. The maximum Gasteiger partial charge on any atom is 0.222 e. The van der Waals surface area contributed by atoms with Crippen LogP contribution in [0.1, 0.15) is 26.7 Å². The van der Waals surface area contributed by atoms with Gasteiger partial charge in [-0.25, -0.2) is 4.98 Å². The largest absolute Gasteiger partial charge is 0.353 e. The second kappa shape index (κ2) is 6.19. The fourth-order valence-corrected chi connectivity index (χ4v) is 2.30. The van der Waals surface area contributed by atoms with E-state index in [1.807, 2.05) is 13.8 Å². The summed E-state index contributed by atoms with van der Waals surface area (Å²) >= 11 is 5.86. The monoisotopic (exact) mass is 282 g/mol. The van der Waals surface area contributed by atoms with Crippen LogP contribution in [-0.2, 0) is 4.79 Å². The molecular formula is C13H19ClN4O. The molecule has 0 bridgehead atoms. The van der Waals surface area contributed by atoms with Crippen molar-refractivity contribution in [1.29, 1.82) is 0 Å². The Bertz CT molecular complexity index is 452. The smallest absolute Gasteiger partial charge is 0.222 e.